The fraction of sp³-hybridized carbons (Fsp3) is 0.750. The van der Waals surface area contributed by atoms with Gasteiger partial charge in [-0.05, 0) is 0 Å². The summed E-state index contributed by atoms with van der Waals surface area (Å²) in [4.78, 5) is 25.7. The van der Waals surface area contributed by atoms with Crippen LogP contribution in [0.2, 0.25) is 0 Å². The Kier molecular flexibility index (Phi) is 4.85. The minimum absolute atomic E-state index is 0.0701. The number of carboxylic acids is 1. The van der Waals surface area contributed by atoms with E-state index in [1.807, 2.05) is 5.48 Å². The largest absolute Gasteiger partial charge is 0.479 e. The molecule has 1 aliphatic rings. The molecule has 0 aromatic carbocycles. The van der Waals surface area contributed by atoms with Crippen LogP contribution < -0.4 is 10.8 Å². The summed E-state index contributed by atoms with van der Waals surface area (Å²) < 4.78 is 22.5. The average Bonchev–Trinajstić information content (AvgIpc) is 2.14. The van der Waals surface area contributed by atoms with Crippen LogP contribution >= 0.6 is 0 Å². The van der Waals surface area contributed by atoms with Gasteiger partial charge in [0.15, 0.2) is 16.4 Å². The Labute approximate surface area is 98.2 Å². The highest BCUT2D eigenvalue weighted by molar-refractivity contribution is 7.91. The monoisotopic (exact) mass is 266 g/mol. The highest BCUT2D eigenvalue weighted by atomic mass is 32.2. The van der Waals surface area contributed by atoms with Gasteiger partial charge in [0.05, 0.1) is 11.5 Å². The molecule has 8 nitrogen and oxygen atoms in total. The number of rotatable bonds is 5. The Hall–Kier alpha value is -1.19. The SMILES string of the molecule is O=C(O)CONC(=O)CC1CS(=O)(=O)CCN1. The summed E-state index contributed by atoms with van der Waals surface area (Å²) in [6.45, 7) is -0.321. The van der Waals surface area contributed by atoms with Crippen LogP contribution in [0, 0.1) is 0 Å². The van der Waals surface area contributed by atoms with Crippen LogP contribution in [0.15, 0.2) is 0 Å². The van der Waals surface area contributed by atoms with Crippen LogP contribution in [0.25, 0.3) is 0 Å². The second-order valence-corrected chi connectivity index (χ2v) is 5.91. The van der Waals surface area contributed by atoms with E-state index < -0.39 is 34.4 Å². The molecule has 0 aromatic heterocycles. The lowest BCUT2D eigenvalue weighted by Gasteiger charge is -2.22. The van der Waals surface area contributed by atoms with Crippen LogP contribution in [0.3, 0.4) is 0 Å². The zero-order chi connectivity index (χ0) is 12.9. The quantitative estimate of drug-likeness (QED) is 0.487. The normalized spacial score (nSPS) is 22.9. The van der Waals surface area contributed by atoms with E-state index in [1.165, 1.54) is 0 Å². The number of carbonyl (C=O) groups is 2. The maximum absolute atomic E-state index is 11.3. The summed E-state index contributed by atoms with van der Waals surface area (Å²) in [6, 6.07) is -0.456. The summed E-state index contributed by atoms with van der Waals surface area (Å²) in [5.74, 6) is -1.79. The molecule has 1 atom stereocenters. The Morgan fingerprint density at radius 3 is 2.76 bits per heavy atom. The molecule has 3 N–H and O–H groups in total. The number of amides is 1. The fourth-order valence-electron chi connectivity index (χ4n) is 1.44. The van der Waals surface area contributed by atoms with E-state index in [0.29, 0.717) is 6.54 Å². The van der Waals surface area contributed by atoms with E-state index in [0.717, 1.165) is 0 Å². The van der Waals surface area contributed by atoms with Crippen molar-refractivity contribution >= 4 is 21.7 Å². The van der Waals surface area contributed by atoms with E-state index in [-0.39, 0.29) is 17.9 Å². The van der Waals surface area contributed by atoms with Gasteiger partial charge in [-0.3, -0.25) is 9.63 Å². The van der Waals surface area contributed by atoms with Crippen molar-refractivity contribution in [2.75, 3.05) is 24.7 Å². The van der Waals surface area contributed by atoms with Crippen molar-refractivity contribution in [1.29, 1.82) is 0 Å². The second-order valence-electron chi connectivity index (χ2n) is 3.68. The maximum Gasteiger partial charge on any atom is 0.332 e. The van der Waals surface area contributed by atoms with Gasteiger partial charge in [-0.15, -0.1) is 0 Å². The van der Waals surface area contributed by atoms with Gasteiger partial charge in [-0.2, -0.15) is 0 Å². The predicted octanol–water partition coefficient (Wildman–Crippen LogP) is -2.10. The lowest BCUT2D eigenvalue weighted by molar-refractivity contribution is -0.149. The molecule has 1 fully saturated rings. The Morgan fingerprint density at radius 2 is 2.18 bits per heavy atom. The van der Waals surface area contributed by atoms with Crippen molar-refractivity contribution in [3.8, 4) is 0 Å². The van der Waals surface area contributed by atoms with Gasteiger partial charge in [0.2, 0.25) is 5.91 Å². The van der Waals surface area contributed by atoms with Gasteiger partial charge < -0.3 is 10.4 Å². The minimum Gasteiger partial charge on any atom is -0.479 e. The first-order valence-electron chi connectivity index (χ1n) is 4.95. The number of sulfone groups is 1. The summed E-state index contributed by atoms with van der Waals surface area (Å²) in [5, 5.41) is 11.1. The van der Waals surface area contributed by atoms with Gasteiger partial charge in [-0.1, -0.05) is 0 Å². The van der Waals surface area contributed by atoms with Crippen molar-refractivity contribution < 1.29 is 28.0 Å². The number of hydrogen-bond acceptors (Lipinski definition) is 6. The molecule has 9 heteroatoms. The van der Waals surface area contributed by atoms with Crippen molar-refractivity contribution in [3.05, 3.63) is 0 Å². The lowest BCUT2D eigenvalue weighted by atomic mass is 10.2. The van der Waals surface area contributed by atoms with Gasteiger partial charge in [-0.25, -0.2) is 18.7 Å². The number of hydrogen-bond donors (Lipinski definition) is 3. The number of carboxylic acid groups (broad SMARTS) is 1. The Bertz CT molecular complexity index is 393. The van der Waals surface area contributed by atoms with Crippen LogP contribution in [0.5, 0.6) is 0 Å². The standard InChI is InChI=1S/C8H14N2O6S/c11-7(10-16-4-8(12)13)3-6-5-17(14,15)2-1-9-6/h6,9H,1-5H2,(H,10,11)(H,12,13). The fourth-order valence-corrected chi connectivity index (χ4v) is 2.89. The smallest absolute Gasteiger partial charge is 0.332 e. The zero-order valence-corrected chi connectivity index (χ0v) is 9.83. The number of carbonyl (C=O) groups excluding carboxylic acids is 1. The van der Waals surface area contributed by atoms with Gasteiger partial charge in [0, 0.05) is 19.0 Å². The number of aliphatic carboxylic acids is 1. The van der Waals surface area contributed by atoms with Crippen molar-refractivity contribution in [1.82, 2.24) is 10.8 Å². The third kappa shape index (κ3) is 5.61. The maximum atomic E-state index is 11.3. The van der Waals surface area contributed by atoms with E-state index >= 15 is 0 Å². The average molecular weight is 266 g/mol. The van der Waals surface area contributed by atoms with Crippen molar-refractivity contribution in [2.24, 2.45) is 0 Å². The highest BCUT2D eigenvalue weighted by Gasteiger charge is 2.25. The van der Waals surface area contributed by atoms with Gasteiger partial charge >= 0.3 is 5.97 Å². The van der Waals surface area contributed by atoms with Crippen LogP contribution in [-0.2, 0) is 24.3 Å². The molecule has 0 bridgehead atoms. The summed E-state index contributed by atoms with van der Waals surface area (Å²) in [7, 11) is -3.09. The van der Waals surface area contributed by atoms with Gasteiger partial charge in [0.1, 0.15) is 0 Å². The molecular weight excluding hydrogens is 252 g/mol. The third-order valence-corrected chi connectivity index (χ3v) is 3.85. The molecule has 1 amide bonds. The first-order valence-corrected chi connectivity index (χ1v) is 6.77. The summed E-state index contributed by atoms with van der Waals surface area (Å²) >= 11 is 0. The molecule has 17 heavy (non-hydrogen) atoms. The molecule has 1 rings (SSSR count). The Morgan fingerprint density at radius 1 is 1.47 bits per heavy atom. The van der Waals surface area contributed by atoms with E-state index in [4.69, 9.17) is 5.11 Å². The summed E-state index contributed by atoms with van der Waals surface area (Å²) in [6.07, 6.45) is -0.0706. The minimum atomic E-state index is -3.09. The number of hydroxylamine groups is 1. The molecule has 0 aliphatic carbocycles. The second kappa shape index (κ2) is 5.94. The third-order valence-electron chi connectivity index (χ3n) is 2.11. The molecule has 0 saturated carbocycles. The topological polar surface area (TPSA) is 122 Å². The van der Waals surface area contributed by atoms with E-state index in [1.54, 1.807) is 0 Å². The first-order chi connectivity index (χ1) is 7.89. The Balaban J connectivity index is 2.28. The van der Waals surface area contributed by atoms with E-state index in [2.05, 4.69) is 10.2 Å². The molecule has 0 spiro atoms. The van der Waals surface area contributed by atoms with Crippen molar-refractivity contribution in [3.63, 3.8) is 0 Å². The summed E-state index contributed by atoms with van der Waals surface area (Å²) in [5.41, 5.74) is 1.93. The van der Waals surface area contributed by atoms with E-state index in [9.17, 15) is 18.0 Å². The molecular formula is C8H14N2O6S. The van der Waals surface area contributed by atoms with Crippen molar-refractivity contribution in [2.45, 2.75) is 12.5 Å². The molecule has 1 unspecified atom stereocenters. The molecule has 1 aliphatic heterocycles. The molecule has 0 radical (unpaired) electrons. The zero-order valence-electron chi connectivity index (χ0n) is 9.01. The molecule has 0 aromatic rings. The molecule has 98 valence electrons. The predicted molar refractivity (Wildman–Crippen MR) is 56.8 cm³/mol. The molecule has 1 heterocycles. The van der Waals surface area contributed by atoms with Crippen LogP contribution in [-0.4, -0.2) is 56.1 Å². The van der Waals surface area contributed by atoms with Crippen LogP contribution in [0.4, 0.5) is 0 Å². The van der Waals surface area contributed by atoms with Crippen LogP contribution in [0.1, 0.15) is 6.42 Å². The highest BCUT2D eigenvalue weighted by Crippen LogP contribution is 2.04. The number of nitrogens with one attached hydrogen (secondary N) is 2. The lowest BCUT2D eigenvalue weighted by Crippen LogP contribution is -2.47. The first kappa shape index (κ1) is 13.9. The molecule has 1 saturated heterocycles. The van der Waals surface area contributed by atoms with Gasteiger partial charge in [0.25, 0.3) is 0 Å².